The zero-order valence-electron chi connectivity index (χ0n) is 15.5. The Balaban J connectivity index is 1.80. The molecule has 0 fully saturated rings. The number of fused-ring (bicyclic) bond motifs is 1. The molecule has 2 N–H and O–H groups in total. The Morgan fingerprint density at radius 1 is 1.18 bits per heavy atom. The minimum Gasteiger partial charge on any atom is -0.432 e. The van der Waals surface area contributed by atoms with Gasteiger partial charge in [-0.3, -0.25) is 4.40 Å². The highest BCUT2D eigenvalue weighted by atomic mass is 19.1. The zero-order valence-corrected chi connectivity index (χ0v) is 15.5. The Bertz CT molecular complexity index is 1090. The van der Waals surface area contributed by atoms with Crippen LogP contribution in [-0.4, -0.2) is 37.1 Å². The fourth-order valence-electron chi connectivity index (χ4n) is 2.99. The van der Waals surface area contributed by atoms with Crippen LogP contribution < -0.4 is 5.32 Å². The van der Waals surface area contributed by atoms with Gasteiger partial charge in [0.25, 0.3) is 0 Å². The molecule has 3 aromatic heterocycles. The molecule has 4 rings (SSSR count). The lowest BCUT2D eigenvalue weighted by Gasteiger charge is -2.19. The van der Waals surface area contributed by atoms with Gasteiger partial charge in [-0.25, -0.2) is 14.4 Å². The molecule has 8 heteroatoms. The van der Waals surface area contributed by atoms with E-state index in [0.717, 1.165) is 5.56 Å². The number of hydrogen-bond donors (Lipinski definition) is 2. The third-order valence-corrected chi connectivity index (χ3v) is 4.59. The summed E-state index contributed by atoms with van der Waals surface area (Å²) in [4.78, 5) is 13.4. The Morgan fingerprint density at radius 3 is 2.68 bits per heavy atom. The molecule has 28 heavy (non-hydrogen) atoms. The molecule has 0 aliphatic rings. The smallest absolute Gasteiger partial charge is 0.306 e. The Morgan fingerprint density at radius 2 is 1.96 bits per heavy atom. The van der Waals surface area contributed by atoms with Crippen molar-refractivity contribution >= 4 is 11.8 Å². The molecule has 0 saturated heterocycles. The van der Waals surface area contributed by atoms with Gasteiger partial charge in [0, 0.05) is 18.0 Å². The van der Waals surface area contributed by atoms with E-state index in [2.05, 4.69) is 20.3 Å². The molecule has 1 aromatic carbocycles. The van der Waals surface area contributed by atoms with Gasteiger partial charge < -0.3 is 14.8 Å². The molecular formula is C20H20FN5O2. The molecule has 0 amide bonds. The third-order valence-electron chi connectivity index (χ3n) is 4.59. The molecule has 0 bridgehead atoms. The first-order chi connectivity index (χ1) is 13.6. The molecule has 7 nitrogen and oxygen atoms in total. The van der Waals surface area contributed by atoms with E-state index < -0.39 is 0 Å². The molecule has 1 atom stereocenters. The topological polar surface area (TPSA) is 88.5 Å². The quantitative estimate of drug-likeness (QED) is 0.530. The first kappa shape index (κ1) is 18.1. The number of benzene rings is 1. The number of aliphatic hydroxyl groups excluding tert-OH is 1. The van der Waals surface area contributed by atoms with Crippen molar-refractivity contribution in [3.63, 3.8) is 0 Å². The second-order valence-electron chi connectivity index (χ2n) is 6.81. The standard InChI is InChI=1S/C20H20FN5O2/c1-12(2)16(11-27)24-19-22-8-7-15(23-19)18-17(13-3-5-14(21)6-4-13)25-20-26(18)9-10-28-20/h3-10,12,16,27H,11H2,1-2H3,(H,22,23,24)/t16-/m1/s1. The van der Waals surface area contributed by atoms with Gasteiger partial charge in [0.15, 0.2) is 0 Å². The number of aromatic nitrogens is 4. The van der Waals surface area contributed by atoms with E-state index in [1.54, 1.807) is 41.3 Å². The predicted octanol–water partition coefficient (Wildman–Crippen LogP) is 3.62. The molecule has 0 unspecified atom stereocenters. The maximum Gasteiger partial charge on any atom is 0.306 e. The van der Waals surface area contributed by atoms with Crippen molar-refractivity contribution in [2.45, 2.75) is 19.9 Å². The van der Waals surface area contributed by atoms with E-state index >= 15 is 0 Å². The van der Waals surface area contributed by atoms with Crippen LogP contribution in [-0.2, 0) is 0 Å². The van der Waals surface area contributed by atoms with E-state index in [-0.39, 0.29) is 24.4 Å². The molecule has 3 heterocycles. The van der Waals surface area contributed by atoms with Gasteiger partial charge in [-0.15, -0.1) is 0 Å². The number of nitrogens with zero attached hydrogens (tertiary/aromatic N) is 4. The summed E-state index contributed by atoms with van der Waals surface area (Å²) in [5.41, 5.74) is 2.72. The summed E-state index contributed by atoms with van der Waals surface area (Å²) in [6.07, 6.45) is 4.94. The predicted molar refractivity (Wildman–Crippen MR) is 103 cm³/mol. The average molecular weight is 381 g/mol. The van der Waals surface area contributed by atoms with Gasteiger partial charge in [0.05, 0.1) is 18.3 Å². The lowest BCUT2D eigenvalue weighted by atomic mass is 10.1. The molecule has 0 radical (unpaired) electrons. The Hall–Kier alpha value is -3.26. The maximum absolute atomic E-state index is 13.4. The number of halogens is 1. The minimum atomic E-state index is -0.314. The third kappa shape index (κ3) is 3.34. The molecule has 4 aromatic rings. The molecule has 144 valence electrons. The van der Waals surface area contributed by atoms with Crippen molar-refractivity contribution in [2.24, 2.45) is 5.92 Å². The maximum atomic E-state index is 13.4. The van der Waals surface area contributed by atoms with Crippen molar-refractivity contribution in [1.29, 1.82) is 0 Å². The van der Waals surface area contributed by atoms with Crippen LogP contribution in [0.5, 0.6) is 0 Å². The first-order valence-electron chi connectivity index (χ1n) is 8.99. The van der Waals surface area contributed by atoms with Crippen molar-refractivity contribution in [3.05, 3.63) is 54.8 Å². The van der Waals surface area contributed by atoms with E-state index in [1.807, 2.05) is 13.8 Å². The largest absolute Gasteiger partial charge is 0.432 e. The number of oxazole rings is 1. The zero-order chi connectivity index (χ0) is 19.7. The summed E-state index contributed by atoms with van der Waals surface area (Å²) in [5.74, 6) is 0.722. The number of aliphatic hydroxyl groups is 1. The highest BCUT2D eigenvalue weighted by Crippen LogP contribution is 2.32. The summed E-state index contributed by atoms with van der Waals surface area (Å²) in [6.45, 7) is 4.00. The Kier molecular flexibility index (Phi) is 4.79. The van der Waals surface area contributed by atoms with Crippen molar-refractivity contribution in [1.82, 2.24) is 19.4 Å². The van der Waals surface area contributed by atoms with Gasteiger partial charge >= 0.3 is 5.84 Å². The number of hydrogen-bond acceptors (Lipinski definition) is 6. The molecule has 0 saturated carbocycles. The van der Waals surface area contributed by atoms with Crippen LogP contribution in [0.3, 0.4) is 0 Å². The molecular weight excluding hydrogens is 361 g/mol. The second kappa shape index (κ2) is 7.40. The highest BCUT2D eigenvalue weighted by molar-refractivity contribution is 5.79. The van der Waals surface area contributed by atoms with E-state index in [9.17, 15) is 9.50 Å². The van der Waals surface area contributed by atoms with Crippen LogP contribution in [0.1, 0.15) is 13.8 Å². The van der Waals surface area contributed by atoms with Gasteiger partial charge in [-0.05, 0) is 36.2 Å². The van der Waals surface area contributed by atoms with E-state index in [4.69, 9.17) is 4.42 Å². The van der Waals surface area contributed by atoms with Gasteiger partial charge in [-0.2, -0.15) is 4.98 Å². The second-order valence-corrected chi connectivity index (χ2v) is 6.81. The van der Waals surface area contributed by atoms with Crippen LogP contribution in [0, 0.1) is 11.7 Å². The summed E-state index contributed by atoms with van der Waals surface area (Å²) in [5, 5.41) is 12.7. The van der Waals surface area contributed by atoms with Crippen LogP contribution in [0.15, 0.2) is 53.4 Å². The molecule has 0 spiro atoms. The minimum absolute atomic E-state index is 0.0231. The SMILES string of the molecule is CC(C)[C@@H](CO)Nc1nccc(-c2c(-c3ccc(F)cc3)nc3occn23)n1. The Labute approximate surface area is 160 Å². The average Bonchev–Trinajstić information content (AvgIpc) is 3.27. The summed E-state index contributed by atoms with van der Waals surface area (Å²) in [6, 6.07) is 7.73. The molecule has 0 aliphatic carbocycles. The van der Waals surface area contributed by atoms with Crippen LogP contribution in [0.25, 0.3) is 28.5 Å². The van der Waals surface area contributed by atoms with Crippen LogP contribution in [0.2, 0.25) is 0 Å². The fraction of sp³-hybridized carbons (Fsp3) is 0.250. The number of rotatable bonds is 6. The summed E-state index contributed by atoms with van der Waals surface area (Å²) in [7, 11) is 0. The van der Waals surface area contributed by atoms with Crippen molar-refractivity contribution in [3.8, 4) is 22.6 Å². The van der Waals surface area contributed by atoms with Gasteiger partial charge in [-0.1, -0.05) is 13.8 Å². The molecule has 0 aliphatic heterocycles. The number of imidazole rings is 1. The van der Waals surface area contributed by atoms with Crippen LogP contribution >= 0.6 is 0 Å². The normalized spacial score (nSPS) is 12.6. The fourth-order valence-corrected chi connectivity index (χ4v) is 2.99. The van der Waals surface area contributed by atoms with Gasteiger partial charge in [0.2, 0.25) is 5.95 Å². The number of anilines is 1. The summed E-state index contributed by atoms with van der Waals surface area (Å²) >= 11 is 0. The lowest BCUT2D eigenvalue weighted by molar-refractivity contribution is 0.248. The van der Waals surface area contributed by atoms with E-state index in [1.165, 1.54) is 12.1 Å². The van der Waals surface area contributed by atoms with E-state index in [0.29, 0.717) is 28.9 Å². The van der Waals surface area contributed by atoms with Crippen LogP contribution in [0.4, 0.5) is 10.3 Å². The number of nitrogens with one attached hydrogen (secondary N) is 1. The first-order valence-corrected chi connectivity index (χ1v) is 8.99. The highest BCUT2D eigenvalue weighted by Gasteiger charge is 2.20. The van der Waals surface area contributed by atoms with Gasteiger partial charge in [0.1, 0.15) is 23.5 Å². The monoisotopic (exact) mass is 381 g/mol. The lowest BCUT2D eigenvalue weighted by Crippen LogP contribution is -2.30. The summed E-state index contributed by atoms with van der Waals surface area (Å²) < 4.78 is 20.6. The van der Waals surface area contributed by atoms with Crippen molar-refractivity contribution < 1.29 is 13.9 Å². The van der Waals surface area contributed by atoms with Crippen molar-refractivity contribution in [2.75, 3.05) is 11.9 Å².